The lowest BCUT2D eigenvalue weighted by molar-refractivity contribution is -0.150. The molecule has 0 unspecified atom stereocenters. The van der Waals surface area contributed by atoms with Crippen molar-refractivity contribution in [3.8, 4) is 0 Å². The molecule has 0 aromatic heterocycles. The molecule has 1 aromatic rings. The van der Waals surface area contributed by atoms with Crippen LogP contribution >= 0.6 is 11.6 Å². The van der Waals surface area contributed by atoms with Crippen molar-refractivity contribution < 1.29 is 28.2 Å². The summed E-state index contributed by atoms with van der Waals surface area (Å²) in [5, 5.41) is 15.0. The maximum absolute atomic E-state index is 12.2. The predicted octanol–water partition coefficient (Wildman–Crippen LogP) is 2.17. The first-order chi connectivity index (χ1) is 7.15. The summed E-state index contributed by atoms with van der Waals surface area (Å²) in [6, 6.07) is 2.91. The molecule has 7 heteroatoms. The molecule has 0 bridgehead atoms. The zero-order valence-electron chi connectivity index (χ0n) is 7.62. The Morgan fingerprint density at radius 1 is 1.12 bits per heavy atom. The molecular weight excluding hydrogens is 249 g/mol. The molecule has 0 spiro atoms. The minimum absolute atomic E-state index is 0.338. The number of hydrogen-bond donors (Lipinski definition) is 2. The largest absolute Gasteiger partial charge is 0.478 e. The van der Waals surface area contributed by atoms with E-state index in [1.54, 1.807) is 0 Å². The Morgan fingerprint density at radius 3 is 1.81 bits per heavy atom. The number of benzene rings is 1. The second-order valence-corrected chi connectivity index (χ2v) is 3.55. The van der Waals surface area contributed by atoms with Crippen molar-refractivity contribution in [2.75, 3.05) is 0 Å². The molecule has 1 aromatic carbocycles. The van der Waals surface area contributed by atoms with Crippen LogP contribution in [0.1, 0.15) is 11.1 Å². The van der Waals surface area contributed by atoms with Gasteiger partial charge in [-0.15, -0.1) is 0 Å². The van der Waals surface area contributed by atoms with Crippen molar-refractivity contribution >= 4 is 17.6 Å². The Balaban J connectivity index is 3.09. The summed E-state index contributed by atoms with van der Waals surface area (Å²) in [5.41, 5.74) is -1.29. The number of halogens is 4. The van der Waals surface area contributed by atoms with Crippen molar-refractivity contribution in [1.82, 2.24) is 0 Å². The van der Waals surface area contributed by atoms with Gasteiger partial charge in [0, 0.05) is 5.56 Å². The molecule has 0 aliphatic rings. The molecule has 2 N–H and O–H groups in total. The normalized spacial score (nSPS) is 15.6. The topological polar surface area (TPSA) is 57.5 Å². The number of carboxylic acid groups (broad SMARTS) is 1. The molecule has 0 aliphatic heterocycles. The van der Waals surface area contributed by atoms with E-state index in [0.29, 0.717) is 12.1 Å². The van der Waals surface area contributed by atoms with Crippen molar-refractivity contribution in [3.63, 3.8) is 0 Å². The van der Waals surface area contributed by atoms with Crippen molar-refractivity contribution in [2.24, 2.45) is 0 Å². The minimum Gasteiger partial charge on any atom is -0.478 e. The lowest BCUT2D eigenvalue weighted by Crippen LogP contribution is -2.29. The van der Waals surface area contributed by atoms with E-state index < -0.39 is 22.8 Å². The minimum atomic E-state index is -4.52. The maximum Gasteiger partial charge on any atom is 0.416 e. The molecule has 88 valence electrons. The van der Waals surface area contributed by atoms with Gasteiger partial charge in [0.1, 0.15) is 0 Å². The number of carboxylic acids is 1. The third-order valence-electron chi connectivity index (χ3n) is 1.88. The highest BCUT2D eigenvalue weighted by Gasteiger charge is 2.37. The number of carbonyl (C=O) groups is 1. The number of hydrogen-bond acceptors (Lipinski definition) is 2. The molecule has 3 nitrogen and oxygen atoms in total. The fourth-order valence-corrected chi connectivity index (χ4v) is 1.13. The van der Waals surface area contributed by atoms with Crippen molar-refractivity contribution in [1.29, 1.82) is 0 Å². The monoisotopic (exact) mass is 254 g/mol. The summed E-state index contributed by atoms with van der Waals surface area (Å²) in [6.07, 6.45) is -4.52. The molecule has 0 fully saturated rings. The van der Waals surface area contributed by atoms with Crippen LogP contribution in [0.2, 0.25) is 0 Å². The van der Waals surface area contributed by atoms with Crippen LogP contribution in [-0.4, -0.2) is 16.2 Å². The van der Waals surface area contributed by atoms with Crippen LogP contribution in [0.15, 0.2) is 24.3 Å². The molecule has 0 saturated carbocycles. The summed E-state index contributed by atoms with van der Waals surface area (Å²) < 4.78 is 36.5. The third-order valence-corrected chi connectivity index (χ3v) is 2.26. The maximum atomic E-state index is 12.2. The van der Waals surface area contributed by atoms with Crippen LogP contribution < -0.4 is 0 Å². The van der Waals surface area contributed by atoms with E-state index in [-0.39, 0.29) is 5.56 Å². The zero-order chi connectivity index (χ0) is 12.6. The first-order valence-corrected chi connectivity index (χ1v) is 4.36. The van der Waals surface area contributed by atoms with Gasteiger partial charge in [-0.05, 0) is 12.1 Å². The lowest BCUT2D eigenvalue weighted by atomic mass is 10.1. The van der Waals surface area contributed by atoms with Gasteiger partial charge in [-0.25, -0.2) is 4.79 Å². The Kier molecular flexibility index (Phi) is 3.16. The van der Waals surface area contributed by atoms with Crippen LogP contribution in [0.4, 0.5) is 13.2 Å². The van der Waals surface area contributed by atoms with E-state index in [0.717, 1.165) is 12.1 Å². The fourth-order valence-electron chi connectivity index (χ4n) is 1.00. The highest BCUT2D eigenvalue weighted by Crippen LogP contribution is 2.32. The molecule has 1 rings (SSSR count). The van der Waals surface area contributed by atoms with Crippen LogP contribution in [0, 0.1) is 0 Å². The molecule has 16 heavy (non-hydrogen) atoms. The van der Waals surface area contributed by atoms with E-state index in [4.69, 9.17) is 16.7 Å². The van der Waals surface area contributed by atoms with Gasteiger partial charge < -0.3 is 10.2 Å². The summed E-state index contributed by atoms with van der Waals surface area (Å²) in [4.78, 5) is 10.5. The van der Waals surface area contributed by atoms with Gasteiger partial charge in [-0.2, -0.15) is 13.2 Å². The molecule has 0 amide bonds. The van der Waals surface area contributed by atoms with Crippen molar-refractivity contribution in [2.45, 2.75) is 11.2 Å². The van der Waals surface area contributed by atoms with E-state index in [1.807, 2.05) is 0 Å². The number of aliphatic carboxylic acids is 1. The zero-order valence-corrected chi connectivity index (χ0v) is 8.38. The number of rotatable bonds is 2. The van der Waals surface area contributed by atoms with Gasteiger partial charge in [0.05, 0.1) is 5.56 Å². The van der Waals surface area contributed by atoms with Gasteiger partial charge in [0.15, 0.2) is 0 Å². The fraction of sp³-hybridized carbons (Fsp3) is 0.222. The van der Waals surface area contributed by atoms with E-state index >= 15 is 0 Å². The Labute approximate surface area is 93.1 Å². The smallest absolute Gasteiger partial charge is 0.416 e. The summed E-state index contributed by atoms with van der Waals surface area (Å²) >= 11 is 5.24. The standard InChI is InChI=1S/C9H6ClF3O3/c10-8(16,7(14)15)5-1-3-6(4-2-5)9(11,12)13/h1-4,16H,(H,14,15)/t8-/m0/s1. The Morgan fingerprint density at radius 2 is 1.50 bits per heavy atom. The summed E-state index contributed by atoms with van der Waals surface area (Å²) in [6.45, 7) is 0. The quantitative estimate of drug-likeness (QED) is 0.796. The second kappa shape index (κ2) is 3.95. The molecule has 0 radical (unpaired) electrons. The van der Waals surface area contributed by atoms with Gasteiger partial charge in [0.25, 0.3) is 5.06 Å². The van der Waals surface area contributed by atoms with Gasteiger partial charge in [0.2, 0.25) is 0 Å². The highest BCUT2D eigenvalue weighted by molar-refractivity contribution is 6.32. The predicted molar refractivity (Wildman–Crippen MR) is 48.8 cm³/mol. The summed E-state index contributed by atoms with van der Waals surface area (Å²) in [7, 11) is 0. The number of aliphatic hydroxyl groups is 1. The molecule has 0 aliphatic carbocycles. The highest BCUT2D eigenvalue weighted by atomic mass is 35.5. The third kappa shape index (κ3) is 2.45. The summed E-state index contributed by atoms with van der Waals surface area (Å²) in [5.74, 6) is -1.76. The molecular formula is C9H6ClF3O3. The van der Waals surface area contributed by atoms with Crippen molar-refractivity contribution in [3.05, 3.63) is 35.4 Å². The molecule has 0 heterocycles. The van der Waals surface area contributed by atoms with Crippen LogP contribution in [-0.2, 0) is 16.0 Å². The average Bonchev–Trinajstić information content (AvgIpc) is 2.16. The Hall–Kier alpha value is -1.27. The van der Waals surface area contributed by atoms with Gasteiger partial charge in [-0.3, -0.25) is 0 Å². The second-order valence-electron chi connectivity index (χ2n) is 3.00. The van der Waals surface area contributed by atoms with Gasteiger partial charge in [-0.1, -0.05) is 23.7 Å². The lowest BCUT2D eigenvalue weighted by Gasteiger charge is -2.16. The van der Waals surface area contributed by atoms with E-state index in [2.05, 4.69) is 0 Å². The molecule has 0 saturated heterocycles. The SMILES string of the molecule is O=C(O)[C@](O)(Cl)c1ccc(C(F)(F)F)cc1. The van der Waals surface area contributed by atoms with Crippen LogP contribution in [0.5, 0.6) is 0 Å². The van der Waals surface area contributed by atoms with E-state index in [9.17, 15) is 23.1 Å². The first-order valence-electron chi connectivity index (χ1n) is 3.98. The molecule has 1 atom stereocenters. The van der Waals surface area contributed by atoms with Gasteiger partial charge >= 0.3 is 12.1 Å². The number of alkyl halides is 4. The van der Waals surface area contributed by atoms with Crippen LogP contribution in [0.3, 0.4) is 0 Å². The average molecular weight is 255 g/mol. The van der Waals surface area contributed by atoms with Crippen LogP contribution in [0.25, 0.3) is 0 Å². The van der Waals surface area contributed by atoms with E-state index in [1.165, 1.54) is 0 Å². The Bertz CT molecular complexity index is 397. The first kappa shape index (κ1) is 12.8.